The van der Waals surface area contributed by atoms with Crippen LogP contribution >= 0.6 is 0 Å². The van der Waals surface area contributed by atoms with Gasteiger partial charge in [-0.3, -0.25) is 13.9 Å². The SMILES string of the molecule is COCCNC(=O)c1ccccc1NC(=O)CN(c1ccc(C)c(C)c1)S(C)(=O)=O. The standard InChI is InChI=1S/C21H27N3O5S/c1-15-9-10-17(13-16(15)2)24(30(4,27)28)14-20(25)23-19-8-6-5-7-18(19)21(26)22-11-12-29-3/h5-10,13H,11-12,14H2,1-4H3,(H,22,26)(H,23,25). The first-order valence-electron chi connectivity index (χ1n) is 9.34. The zero-order valence-corrected chi connectivity index (χ0v) is 18.4. The van der Waals surface area contributed by atoms with Gasteiger partial charge in [0.1, 0.15) is 6.54 Å². The number of hydrogen-bond acceptors (Lipinski definition) is 5. The number of aryl methyl sites for hydroxylation is 2. The van der Waals surface area contributed by atoms with E-state index >= 15 is 0 Å². The zero-order chi connectivity index (χ0) is 22.3. The van der Waals surface area contributed by atoms with Crippen molar-refractivity contribution in [3.8, 4) is 0 Å². The molecule has 2 aromatic carbocycles. The molecule has 0 atom stereocenters. The molecule has 2 N–H and O–H groups in total. The molecule has 9 heteroatoms. The van der Waals surface area contributed by atoms with Crippen LogP contribution in [-0.4, -0.2) is 53.3 Å². The summed E-state index contributed by atoms with van der Waals surface area (Å²) in [6.07, 6.45) is 1.05. The second-order valence-corrected chi connectivity index (χ2v) is 8.79. The van der Waals surface area contributed by atoms with Crippen molar-refractivity contribution in [2.45, 2.75) is 13.8 Å². The van der Waals surface area contributed by atoms with E-state index in [1.165, 1.54) is 7.11 Å². The summed E-state index contributed by atoms with van der Waals surface area (Å²) >= 11 is 0. The minimum atomic E-state index is -3.70. The minimum Gasteiger partial charge on any atom is -0.383 e. The van der Waals surface area contributed by atoms with Gasteiger partial charge >= 0.3 is 0 Å². The van der Waals surface area contributed by atoms with E-state index in [1.54, 1.807) is 42.5 Å². The molecular formula is C21H27N3O5S. The zero-order valence-electron chi connectivity index (χ0n) is 17.6. The Morgan fingerprint density at radius 1 is 1.07 bits per heavy atom. The molecule has 0 saturated heterocycles. The molecule has 8 nitrogen and oxygen atoms in total. The van der Waals surface area contributed by atoms with E-state index in [0.29, 0.717) is 24.5 Å². The summed E-state index contributed by atoms with van der Waals surface area (Å²) < 4.78 is 30.6. The summed E-state index contributed by atoms with van der Waals surface area (Å²) in [6.45, 7) is 4.07. The molecule has 0 aliphatic carbocycles. The highest BCUT2D eigenvalue weighted by atomic mass is 32.2. The Kier molecular flexibility index (Phi) is 7.96. The van der Waals surface area contributed by atoms with Crippen LogP contribution in [0.3, 0.4) is 0 Å². The lowest BCUT2D eigenvalue weighted by Crippen LogP contribution is -2.38. The fraction of sp³-hybridized carbons (Fsp3) is 0.333. The number of carbonyl (C=O) groups is 2. The van der Waals surface area contributed by atoms with Crippen molar-refractivity contribution in [1.82, 2.24) is 5.32 Å². The van der Waals surface area contributed by atoms with Crippen molar-refractivity contribution < 1.29 is 22.7 Å². The summed E-state index contributed by atoms with van der Waals surface area (Å²) in [7, 11) is -2.17. The number of anilines is 2. The second-order valence-electron chi connectivity index (χ2n) is 6.88. The molecule has 0 heterocycles. The van der Waals surface area contributed by atoms with Gasteiger partial charge in [-0.1, -0.05) is 18.2 Å². The number of methoxy groups -OCH3 is 1. The molecule has 0 aromatic heterocycles. The van der Waals surface area contributed by atoms with Gasteiger partial charge in [-0.05, 0) is 49.2 Å². The highest BCUT2D eigenvalue weighted by Crippen LogP contribution is 2.22. The van der Waals surface area contributed by atoms with Crippen LogP contribution < -0.4 is 14.9 Å². The van der Waals surface area contributed by atoms with Crippen LogP contribution in [0, 0.1) is 13.8 Å². The first-order valence-corrected chi connectivity index (χ1v) is 11.2. The van der Waals surface area contributed by atoms with Crippen LogP contribution in [-0.2, 0) is 19.6 Å². The summed E-state index contributed by atoms with van der Waals surface area (Å²) in [4.78, 5) is 25.0. The van der Waals surface area contributed by atoms with Crippen molar-refractivity contribution in [2.24, 2.45) is 0 Å². The molecule has 30 heavy (non-hydrogen) atoms. The Morgan fingerprint density at radius 2 is 1.77 bits per heavy atom. The van der Waals surface area contributed by atoms with Gasteiger partial charge in [0.15, 0.2) is 0 Å². The number of para-hydroxylation sites is 1. The molecule has 2 amide bonds. The van der Waals surface area contributed by atoms with E-state index in [-0.39, 0.29) is 11.5 Å². The Labute approximate surface area is 177 Å². The van der Waals surface area contributed by atoms with Crippen LogP contribution in [0.5, 0.6) is 0 Å². The van der Waals surface area contributed by atoms with Crippen LogP contribution in [0.4, 0.5) is 11.4 Å². The first-order chi connectivity index (χ1) is 14.1. The van der Waals surface area contributed by atoms with Gasteiger partial charge < -0.3 is 15.4 Å². The largest absolute Gasteiger partial charge is 0.383 e. The average molecular weight is 434 g/mol. The summed E-state index contributed by atoms with van der Waals surface area (Å²) in [6, 6.07) is 11.7. The average Bonchev–Trinajstić information content (AvgIpc) is 2.68. The van der Waals surface area contributed by atoms with Crippen LogP contribution in [0.2, 0.25) is 0 Å². The van der Waals surface area contributed by atoms with Crippen molar-refractivity contribution >= 4 is 33.2 Å². The molecule has 0 radical (unpaired) electrons. The number of rotatable bonds is 9. The molecule has 2 rings (SSSR count). The van der Waals surface area contributed by atoms with Crippen molar-refractivity contribution in [1.29, 1.82) is 0 Å². The number of benzene rings is 2. The molecule has 0 saturated carbocycles. The Bertz CT molecular complexity index is 1020. The van der Waals surface area contributed by atoms with Crippen molar-refractivity contribution in [3.05, 3.63) is 59.2 Å². The topological polar surface area (TPSA) is 105 Å². The Hall–Kier alpha value is -2.91. The number of sulfonamides is 1. The maximum Gasteiger partial charge on any atom is 0.253 e. The van der Waals surface area contributed by atoms with Gasteiger partial charge in [0.05, 0.1) is 29.8 Å². The monoisotopic (exact) mass is 433 g/mol. The predicted molar refractivity (Wildman–Crippen MR) is 117 cm³/mol. The van der Waals surface area contributed by atoms with Crippen molar-refractivity contribution in [3.63, 3.8) is 0 Å². The number of nitrogens with one attached hydrogen (secondary N) is 2. The maximum absolute atomic E-state index is 12.7. The van der Waals surface area contributed by atoms with E-state index in [0.717, 1.165) is 21.7 Å². The lowest BCUT2D eigenvalue weighted by Gasteiger charge is -2.23. The molecule has 0 spiro atoms. The third kappa shape index (κ3) is 6.30. The number of carbonyl (C=O) groups excluding carboxylic acids is 2. The fourth-order valence-corrected chi connectivity index (χ4v) is 3.60. The molecule has 162 valence electrons. The molecule has 0 aliphatic rings. The lowest BCUT2D eigenvalue weighted by molar-refractivity contribution is -0.114. The molecule has 0 bridgehead atoms. The third-order valence-electron chi connectivity index (χ3n) is 4.50. The lowest BCUT2D eigenvalue weighted by atomic mass is 10.1. The molecule has 0 unspecified atom stereocenters. The molecule has 2 aromatic rings. The van der Waals surface area contributed by atoms with Gasteiger partial charge in [0.2, 0.25) is 15.9 Å². The third-order valence-corrected chi connectivity index (χ3v) is 5.64. The van der Waals surface area contributed by atoms with Crippen LogP contribution in [0.25, 0.3) is 0 Å². The van der Waals surface area contributed by atoms with Gasteiger partial charge in [-0.2, -0.15) is 0 Å². The summed E-state index contributed by atoms with van der Waals surface area (Å²) in [5.41, 5.74) is 2.91. The number of nitrogens with zero attached hydrogens (tertiary/aromatic N) is 1. The minimum absolute atomic E-state index is 0.277. The number of hydrogen-bond donors (Lipinski definition) is 2. The van der Waals surface area contributed by atoms with Crippen molar-refractivity contribution in [2.75, 3.05) is 42.7 Å². The van der Waals surface area contributed by atoms with E-state index in [9.17, 15) is 18.0 Å². The normalized spacial score (nSPS) is 11.1. The maximum atomic E-state index is 12.7. The van der Waals surface area contributed by atoms with E-state index in [2.05, 4.69) is 10.6 Å². The van der Waals surface area contributed by atoms with E-state index in [4.69, 9.17) is 4.74 Å². The van der Waals surface area contributed by atoms with Gasteiger partial charge in [0.25, 0.3) is 5.91 Å². The molecule has 0 fully saturated rings. The predicted octanol–water partition coefficient (Wildman–Crippen LogP) is 2.08. The number of ether oxygens (including phenoxy) is 1. The van der Waals surface area contributed by atoms with Crippen LogP contribution in [0.1, 0.15) is 21.5 Å². The highest BCUT2D eigenvalue weighted by Gasteiger charge is 2.22. The van der Waals surface area contributed by atoms with Gasteiger partial charge in [-0.25, -0.2) is 8.42 Å². The van der Waals surface area contributed by atoms with Gasteiger partial charge in [0, 0.05) is 13.7 Å². The smallest absolute Gasteiger partial charge is 0.253 e. The summed E-state index contributed by atoms with van der Waals surface area (Å²) in [5, 5.41) is 5.34. The molecule has 0 aliphatic heterocycles. The molecular weight excluding hydrogens is 406 g/mol. The van der Waals surface area contributed by atoms with Crippen LogP contribution in [0.15, 0.2) is 42.5 Å². The fourth-order valence-electron chi connectivity index (χ4n) is 2.75. The quantitative estimate of drug-likeness (QED) is 0.589. The number of amides is 2. The highest BCUT2D eigenvalue weighted by molar-refractivity contribution is 7.92. The Morgan fingerprint density at radius 3 is 2.40 bits per heavy atom. The second kappa shape index (κ2) is 10.2. The summed E-state index contributed by atoms with van der Waals surface area (Å²) in [5.74, 6) is -0.923. The van der Waals surface area contributed by atoms with Gasteiger partial charge in [-0.15, -0.1) is 0 Å². The van der Waals surface area contributed by atoms with E-state index in [1.807, 2.05) is 13.8 Å². The van der Waals surface area contributed by atoms with E-state index < -0.39 is 22.5 Å². The Balaban J connectivity index is 2.20. The first kappa shape index (κ1) is 23.4.